The lowest BCUT2D eigenvalue weighted by atomic mass is 10.2. The molecule has 0 bridgehead atoms. The summed E-state index contributed by atoms with van der Waals surface area (Å²) in [7, 11) is 1.97. The predicted molar refractivity (Wildman–Crippen MR) is 98.5 cm³/mol. The van der Waals surface area contributed by atoms with Crippen LogP contribution >= 0.6 is 15.9 Å². The van der Waals surface area contributed by atoms with E-state index in [1.165, 1.54) is 16.8 Å². The number of aryl methyl sites for hydroxylation is 2. The number of hydrogen-bond donors (Lipinski definition) is 2. The molecule has 1 aromatic heterocycles. The van der Waals surface area contributed by atoms with Crippen molar-refractivity contribution < 1.29 is 0 Å². The van der Waals surface area contributed by atoms with E-state index in [9.17, 15) is 0 Å². The number of nitrogens with one attached hydrogen (secondary N) is 2. The zero-order chi connectivity index (χ0) is 16.8. The molecular weight excluding hydrogens is 354 g/mol. The quantitative estimate of drug-likeness (QED) is 0.621. The molecule has 6 heteroatoms. The number of aromatic nitrogens is 2. The smallest absolute Gasteiger partial charge is 0.191 e. The Bertz CT molecular complexity index is 673. The number of rotatable bonds is 5. The van der Waals surface area contributed by atoms with E-state index in [-0.39, 0.29) is 0 Å². The zero-order valence-corrected chi connectivity index (χ0v) is 15.7. The predicted octanol–water partition coefficient (Wildman–Crippen LogP) is 3.05. The molecule has 0 spiro atoms. The van der Waals surface area contributed by atoms with Crippen molar-refractivity contribution in [3.05, 3.63) is 51.3 Å². The minimum atomic E-state index is 0.646. The van der Waals surface area contributed by atoms with Gasteiger partial charge in [0, 0.05) is 35.9 Å². The molecule has 0 saturated heterocycles. The van der Waals surface area contributed by atoms with Crippen molar-refractivity contribution in [1.82, 2.24) is 20.4 Å². The lowest BCUT2D eigenvalue weighted by Gasteiger charge is -2.11. The van der Waals surface area contributed by atoms with Crippen LogP contribution in [0.2, 0.25) is 0 Å². The van der Waals surface area contributed by atoms with Gasteiger partial charge in [0.15, 0.2) is 5.96 Å². The van der Waals surface area contributed by atoms with Gasteiger partial charge in [0.05, 0.1) is 12.2 Å². The number of guanidine groups is 1. The van der Waals surface area contributed by atoms with E-state index >= 15 is 0 Å². The lowest BCUT2D eigenvalue weighted by molar-refractivity contribution is 0.728. The molecule has 0 aliphatic heterocycles. The lowest BCUT2D eigenvalue weighted by Crippen LogP contribution is -2.37. The summed E-state index contributed by atoms with van der Waals surface area (Å²) in [6, 6.07) is 8.22. The SMILES string of the molecule is CCNC(=NCc1ccc(Br)cc1)NCc1c(C)nn(C)c1C. The highest BCUT2D eigenvalue weighted by Gasteiger charge is 2.09. The number of hydrogen-bond acceptors (Lipinski definition) is 2. The number of aliphatic imine (C=N–C) groups is 1. The Labute approximate surface area is 146 Å². The van der Waals surface area contributed by atoms with Crippen LogP contribution in [0.5, 0.6) is 0 Å². The van der Waals surface area contributed by atoms with Crippen molar-refractivity contribution in [3.63, 3.8) is 0 Å². The summed E-state index contributed by atoms with van der Waals surface area (Å²) in [5.41, 5.74) is 4.64. The fourth-order valence-corrected chi connectivity index (χ4v) is 2.61. The van der Waals surface area contributed by atoms with Crippen molar-refractivity contribution in [3.8, 4) is 0 Å². The van der Waals surface area contributed by atoms with Crippen molar-refractivity contribution in [2.75, 3.05) is 6.54 Å². The van der Waals surface area contributed by atoms with Crippen LogP contribution in [0, 0.1) is 13.8 Å². The van der Waals surface area contributed by atoms with Gasteiger partial charge in [-0.15, -0.1) is 0 Å². The molecule has 2 aromatic rings. The van der Waals surface area contributed by atoms with E-state index in [2.05, 4.69) is 62.6 Å². The molecular formula is C17H24BrN5. The zero-order valence-electron chi connectivity index (χ0n) is 14.2. The maximum atomic E-state index is 4.65. The van der Waals surface area contributed by atoms with Crippen LogP contribution in [-0.4, -0.2) is 22.3 Å². The molecule has 0 radical (unpaired) electrons. The Morgan fingerprint density at radius 2 is 1.91 bits per heavy atom. The highest BCUT2D eigenvalue weighted by atomic mass is 79.9. The molecule has 2 rings (SSSR count). The van der Waals surface area contributed by atoms with Crippen LogP contribution in [0.4, 0.5) is 0 Å². The van der Waals surface area contributed by atoms with Gasteiger partial charge in [-0.05, 0) is 38.5 Å². The van der Waals surface area contributed by atoms with E-state index < -0.39 is 0 Å². The molecule has 0 unspecified atom stereocenters. The van der Waals surface area contributed by atoms with Gasteiger partial charge < -0.3 is 10.6 Å². The molecule has 1 aromatic carbocycles. The van der Waals surface area contributed by atoms with Crippen molar-refractivity contribution in [1.29, 1.82) is 0 Å². The fourth-order valence-electron chi connectivity index (χ4n) is 2.35. The first-order chi connectivity index (χ1) is 11.0. The second-order valence-electron chi connectivity index (χ2n) is 5.45. The summed E-state index contributed by atoms with van der Waals surface area (Å²) in [6.45, 7) is 8.39. The number of nitrogens with zero attached hydrogens (tertiary/aromatic N) is 3. The Hall–Kier alpha value is -1.82. The molecule has 0 aliphatic rings. The van der Waals surface area contributed by atoms with Crippen LogP contribution in [0.15, 0.2) is 33.7 Å². The molecule has 0 saturated carbocycles. The number of halogens is 1. The van der Waals surface area contributed by atoms with Gasteiger partial charge in [0.1, 0.15) is 0 Å². The van der Waals surface area contributed by atoms with Gasteiger partial charge in [-0.2, -0.15) is 5.10 Å². The van der Waals surface area contributed by atoms with Crippen LogP contribution in [0.25, 0.3) is 0 Å². The number of benzene rings is 1. The average molecular weight is 378 g/mol. The molecule has 0 aliphatic carbocycles. The Balaban J connectivity index is 2.03. The minimum absolute atomic E-state index is 0.646. The summed E-state index contributed by atoms with van der Waals surface area (Å²) < 4.78 is 3.00. The van der Waals surface area contributed by atoms with E-state index in [1.54, 1.807) is 0 Å². The molecule has 1 heterocycles. The van der Waals surface area contributed by atoms with Crippen LogP contribution in [0.1, 0.15) is 29.4 Å². The molecule has 0 atom stereocenters. The van der Waals surface area contributed by atoms with Crippen molar-refractivity contribution in [2.24, 2.45) is 12.0 Å². The highest BCUT2D eigenvalue weighted by molar-refractivity contribution is 9.10. The first-order valence-electron chi connectivity index (χ1n) is 7.77. The fraction of sp³-hybridized carbons (Fsp3) is 0.412. The average Bonchev–Trinajstić information content (AvgIpc) is 2.77. The summed E-state index contributed by atoms with van der Waals surface area (Å²) in [5.74, 6) is 0.818. The van der Waals surface area contributed by atoms with Crippen LogP contribution in [-0.2, 0) is 20.1 Å². The van der Waals surface area contributed by atoms with E-state index in [0.717, 1.165) is 29.2 Å². The third-order valence-electron chi connectivity index (χ3n) is 3.77. The molecule has 0 amide bonds. The molecule has 23 heavy (non-hydrogen) atoms. The topological polar surface area (TPSA) is 54.2 Å². The van der Waals surface area contributed by atoms with Crippen molar-refractivity contribution >= 4 is 21.9 Å². The minimum Gasteiger partial charge on any atom is -0.357 e. The second-order valence-corrected chi connectivity index (χ2v) is 6.36. The van der Waals surface area contributed by atoms with E-state index in [1.807, 2.05) is 30.8 Å². The van der Waals surface area contributed by atoms with E-state index in [4.69, 9.17) is 0 Å². The van der Waals surface area contributed by atoms with Gasteiger partial charge in [0.2, 0.25) is 0 Å². The van der Waals surface area contributed by atoms with Gasteiger partial charge in [-0.3, -0.25) is 4.68 Å². The Morgan fingerprint density at radius 1 is 1.22 bits per heavy atom. The Morgan fingerprint density at radius 3 is 2.48 bits per heavy atom. The van der Waals surface area contributed by atoms with Gasteiger partial charge >= 0.3 is 0 Å². The van der Waals surface area contributed by atoms with Crippen LogP contribution in [0.3, 0.4) is 0 Å². The standard InChI is InChI=1S/C17H24BrN5/c1-5-19-17(20-10-14-6-8-15(18)9-7-14)21-11-16-12(2)22-23(4)13(16)3/h6-9H,5,10-11H2,1-4H3,(H2,19,20,21). The van der Waals surface area contributed by atoms with E-state index in [0.29, 0.717) is 6.54 Å². The second kappa shape index (κ2) is 8.15. The first kappa shape index (κ1) is 17.5. The third-order valence-corrected chi connectivity index (χ3v) is 4.30. The first-order valence-corrected chi connectivity index (χ1v) is 8.56. The van der Waals surface area contributed by atoms with Gasteiger partial charge in [-0.25, -0.2) is 4.99 Å². The van der Waals surface area contributed by atoms with Crippen LogP contribution < -0.4 is 10.6 Å². The highest BCUT2D eigenvalue weighted by Crippen LogP contribution is 2.12. The largest absolute Gasteiger partial charge is 0.357 e. The normalized spacial score (nSPS) is 11.6. The monoisotopic (exact) mass is 377 g/mol. The Kier molecular flexibility index (Phi) is 6.21. The molecule has 5 nitrogen and oxygen atoms in total. The maximum Gasteiger partial charge on any atom is 0.191 e. The molecule has 124 valence electrons. The third kappa shape index (κ3) is 4.82. The van der Waals surface area contributed by atoms with Crippen molar-refractivity contribution in [2.45, 2.75) is 33.9 Å². The molecule has 2 N–H and O–H groups in total. The summed E-state index contributed by atoms with van der Waals surface area (Å²) in [6.07, 6.45) is 0. The summed E-state index contributed by atoms with van der Waals surface area (Å²) in [4.78, 5) is 4.65. The summed E-state index contributed by atoms with van der Waals surface area (Å²) >= 11 is 3.45. The molecule has 0 fully saturated rings. The van der Waals surface area contributed by atoms with Gasteiger partial charge in [0.25, 0.3) is 0 Å². The summed E-state index contributed by atoms with van der Waals surface area (Å²) in [5, 5.41) is 11.1. The van der Waals surface area contributed by atoms with Gasteiger partial charge in [-0.1, -0.05) is 28.1 Å². The maximum absolute atomic E-state index is 4.65.